The zero-order valence-electron chi connectivity index (χ0n) is 28.7. The van der Waals surface area contributed by atoms with Crippen LogP contribution in [0, 0.1) is 0 Å². The first kappa shape index (κ1) is 30.7. The lowest BCUT2D eigenvalue weighted by atomic mass is 9.81. The highest BCUT2D eigenvalue weighted by Crippen LogP contribution is 2.49. The Kier molecular flexibility index (Phi) is 7.51. The van der Waals surface area contributed by atoms with Crippen LogP contribution in [0.2, 0.25) is 0 Å². The first-order chi connectivity index (χ1) is 25.0. The van der Waals surface area contributed by atoms with Gasteiger partial charge in [-0.1, -0.05) is 178 Å². The summed E-state index contributed by atoms with van der Waals surface area (Å²) in [7, 11) is 0. The molecule has 0 saturated heterocycles. The molecule has 0 saturated carbocycles. The van der Waals surface area contributed by atoms with E-state index in [2.05, 4.69) is 178 Å². The molecule has 1 heterocycles. The molecular weight excluding hydrogens is 617 g/mol. The lowest BCUT2D eigenvalue weighted by molar-refractivity contribution is 0.660. The highest BCUT2D eigenvalue weighted by molar-refractivity contribution is 5.88. The molecule has 9 rings (SSSR count). The van der Waals surface area contributed by atoms with E-state index in [0.717, 1.165) is 56.2 Å². The summed E-state index contributed by atoms with van der Waals surface area (Å²) in [5, 5.41) is 0. The Morgan fingerprint density at radius 3 is 1.20 bits per heavy atom. The quantitative estimate of drug-likeness (QED) is 0.179. The van der Waals surface area contributed by atoms with Gasteiger partial charge in [0, 0.05) is 27.7 Å². The van der Waals surface area contributed by atoms with E-state index in [-0.39, 0.29) is 5.41 Å². The zero-order chi connectivity index (χ0) is 34.4. The topological polar surface area (TPSA) is 25.8 Å². The minimum Gasteiger partial charge on any atom is -0.243 e. The average Bonchev–Trinajstić information content (AvgIpc) is 3.44. The molecule has 2 heteroatoms. The molecule has 0 fully saturated rings. The molecule has 0 N–H and O–H groups in total. The SMILES string of the molecule is CC1(C)c2ccccc2-c2ccc(-c3cccc(-c4cccc(-c5nc(-c6ccccc6)c(-c6ccccc6)nc5-c5ccccc5)c4)c3)cc21. The van der Waals surface area contributed by atoms with Gasteiger partial charge in [-0.05, 0) is 62.7 Å². The van der Waals surface area contributed by atoms with Gasteiger partial charge in [-0.2, -0.15) is 0 Å². The van der Waals surface area contributed by atoms with Crippen LogP contribution in [-0.4, -0.2) is 9.97 Å². The van der Waals surface area contributed by atoms with Crippen LogP contribution in [0.4, 0.5) is 0 Å². The van der Waals surface area contributed by atoms with Gasteiger partial charge in [-0.3, -0.25) is 0 Å². The first-order valence-corrected chi connectivity index (χ1v) is 17.6. The summed E-state index contributed by atoms with van der Waals surface area (Å²) in [6, 6.07) is 64.6. The number of hydrogen-bond donors (Lipinski definition) is 0. The van der Waals surface area contributed by atoms with Crippen molar-refractivity contribution in [3.63, 3.8) is 0 Å². The summed E-state index contributed by atoms with van der Waals surface area (Å²) < 4.78 is 0. The number of aromatic nitrogens is 2. The third-order valence-electron chi connectivity index (χ3n) is 10.3. The van der Waals surface area contributed by atoms with Gasteiger partial charge in [0.05, 0.1) is 22.8 Å². The monoisotopic (exact) mass is 652 g/mol. The molecule has 0 spiro atoms. The van der Waals surface area contributed by atoms with Crippen molar-refractivity contribution in [2.75, 3.05) is 0 Å². The van der Waals surface area contributed by atoms with Crippen LogP contribution in [-0.2, 0) is 5.41 Å². The van der Waals surface area contributed by atoms with Crippen molar-refractivity contribution < 1.29 is 0 Å². The van der Waals surface area contributed by atoms with Gasteiger partial charge in [-0.25, -0.2) is 9.97 Å². The fourth-order valence-electron chi connectivity index (χ4n) is 7.64. The van der Waals surface area contributed by atoms with Crippen molar-refractivity contribution >= 4 is 0 Å². The second-order valence-electron chi connectivity index (χ2n) is 13.8. The molecule has 0 amide bonds. The molecule has 1 aliphatic rings. The summed E-state index contributed by atoms with van der Waals surface area (Å²) in [5.74, 6) is 0. The molecule has 0 unspecified atom stereocenters. The van der Waals surface area contributed by atoms with Gasteiger partial charge in [0.2, 0.25) is 0 Å². The number of rotatable bonds is 6. The third kappa shape index (κ3) is 5.46. The Morgan fingerprint density at radius 2 is 0.667 bits per heavy atom. The van der Waals surface area contributed by atoms with E-state index >= 15 is 0 Å². The molecule has 242 valence electrons. The molecule has 8 aromatic rings. The molecule has 1 aromatic heterocycles. The number of fused-ring (bicyclic) bond motifs is 3. The van der Waals surface area contributed by atoms with Gasteiger partial charge < -0.3 is 0 Å². The van der Waals surface area contributed by atoms with Crippen LogP contribution in [0.3, 0.4) is 0 Å². The van der Waals surface area contributed by atoms with Crippen molar-refractivity contribution in [2.45, 2.75) is 19.3 Å². The predicted octanol–water partition coefficient (Wildman–Crippen LogP) is 12.8. The molecule has 0 bridgehead atoms. The summed E-state index contributed by atoms with van der Waals surface area (Å²) in [5.41, 5.74) is 17.8. The zero-order valence-corrected chi connectivity index (χ0v) is 28.7. The molecule has 0 atom stereocenters. The fraction of sp³-hybridized carbons (Fsp3) is 0.0612. The van der Waals surface area contributed by atoms with E-state index in [1.165, 1.54) is 33.4 Å². The number of nitrogens with zero attached hydrogens (tertiary/aromatic N) is 2. The summed E-state index contributed by atoms with van der Waals surface area (Å²) in [4.78, 5) is 10.9. The third-order valence-corrected chi connectivity index (χ3v) is 10.3. The van der Waals surface area contributed by atoms with Crippen LogP contribution in [0.5, 0.6) is 0 Å². The second kappa shape index (κ2) is 12.5. The Bertz CT molecular complexity index is 2530. The van der Waals surface area contributed by atoms with Gasteiger partial charge in [0.25, 0.3) is 0 Å². The largest absolute Gasteiger partial charge is 0.243 e. The maximum atomic E-state index is 5.47. The van der Waals surface area contributed by atoms with E-state index in [9.17, 15) is 0 Å². The van der Waals surface area contributed by atoms with E-state index in [4.69, 9.17) is 9.97 Å². The minimum absolute atomic E-state index is 0.0416. The predicted molar refractivity (Wildman–Crippen MR) is 212 cm³/mol. The minimum atomic E-state index is -0.0416. The molecule has 0 aliphatic heterocycles. The summed E-state index contributed by atoms with van der Waals surface area (Å²) >= 11 is 0. The average molecular weight is 653 g/mol. The van der Waals surface area contributed by atoms with Crippen LogP contribution in [0.1, 0.15) is 25.0 Å². The van der Waals surface area contributed by atoms with Crippen molar-refractivity contribution in [3.8, 4) is 78.4 Å². The number of benzene rings is 7. The summed E-state index contributed by atoms with van der Waals surface area (Å²) in [6.07, 6.45) is 0. The summed E-state index contributed by atoms with van der Waals surface area (Å²) in [6.45, 7) is 4.68. The standard InChI is InChI=1S/C49H36N2/c1-49(2)43-27-13-12-26-41(43)42-29-28-39(32-44(42)49)37-23-14-22-36(30-37)38-24-15-25-40(31-38)48-47(35-20-10-5-11-21-35)50-45(33-16-6-3-7-17-33)46(51-48)34-18-8-4-9-19-34/h3-32H,1-2H3. The van der Waals surface area contributed by atoms with Crippen molar-refractivity contribution in [2.24, 2.45) is 0 Å². The van der Waals surface area contributed by atoms with E-state index in [0.29, 0.717) is 0 Å². The van der Waals surface area contributed by atoms with Gasteiger partial charge in [0.15, 0.2) is 0 Å². The van der Waals surface area contributed by atoms with E-state index < -0.39 is 0 Å². The highest BCUT2D eigenvalue weighted by atomic mass is 14.9. The van der Waals surface area contributed by atoms with Gasteiger partial charge in [0.1, 0.15) is 0 Å². The molecular formula is C49H36N2. The smallest absolute Gasteiger partial charge is 0.0973 e. The lowest BCUT2D eigenvalue weighted by Crippen LogP contribution is -2.14. The van der Waals surface area contributed by atoms with Gasteiger partial charge in [-0.15, -0.1) is 0 Å². The van der Waals surface area contributed by atoms with Crippen molar-refractivity contribution in [3.05, 3.63) is 193 Å². The molecule has 0 radical (unpaired) electrons. The Balaban J connectivity index is 1.16. The fourth-order valence-corrected chi connectivity index (χ4v) is 7.64. The van der Waals surface area contributed by atoms with E-state index in [1.54, 1.807) is 0 Å². The maximum Gasteiger partial charge on any atom is 0.0973 e. The van der Waals surface area contributed by atoms with Crippen LogP contribution in [0.15, 0.2) is 182 Å². The van der Waals surface area contributed by atoms with Crippen LogP contribution >= 0.6 is 0 Å². The maximum absolute atomic E-state index is 5.47. The Labute approximate surface area is 299 Å². The molecule has 7 aromatic carbocycles. The van der Waals surface area contributed by atoms with Crippen LogP contribution < -0.4 is 0 Å². The molecule has 2 nitrogen and oxygen atoms in total. The first-order valence-electron chi connectivity index (χ1n) is 17.6. The normalized spacial score (nSPS) is 12.7. The van der Waals surface area contributed by atoms with E-state index in [1.807, 2.05) is 18.2 Å². The number of hydrogen-bond acceptors (Lipinski definition) is 2. The second-order valence-corrected chi connectivity index (χ2v) is 13.8. The van der Waals surface area contributed by atoms with Crippen molar-refractivity contribution in [1.82, 2.24) is 9.97 Å². The molecule has 1 aliphatic carbocycles. The van der Waals surface area contributed by atoms with Crippen LogP contribution in [0.25, 0.3) is 78.4 Å². The Morgan fingerprint density at radius 1 is 0.294 bits per heavy atom. The Hall–Kier alpha value is -6.38. The molecule has 51 heavy (non-hydrogen) atoms. The lowest BCUT2D eigenvalue weighted by Gasteiger charge is -2.22. The highest BCUT2D eigenvalue weighted by Gasteiger charge is 2.35. The van der Waals surface area contributed by atoms with Gasteiger partial charge >= 0.3 is 0 Å². The van der Waals surface area contributed by atoms with Crippen molar-refractivity contribution in [1.29, 1.82) is 0 Å².